The van der Waals surface area contributed by atoms with Crippen LogP contribution in [0.2, 0.25) is 0 Å². The van der Waals surface area contributed by atoms with Crippen molar-refractivity contribution in [1.29, 1.82) is 0 Å². The summed E-state index contributed by atoms with van der Waals surface area (Å²) in [5.74, 6) is 0.974. The predicted octanol–water partition coefficient (Wildman–Crippen LogP) is 2.99. The summed E-state index contributed by atoms with van der Waals surface area (Å²) in [4.78, 5) is 10.9. The van der Waals surface area contributed by atoms with Gasteiger partial charge in [-0.1, -0.05) is 42.5 Å². The van der Waals surface area contributed by atoms with Crippen LogP contribution in [0.3, 0.4) is 0 Å². The molecule has 0 amide bonds. The van der Waals surface area contributed by atoms with Gasteiger partial charge in [0.05, 0.1) is 0 Å². The minimum absolute atomic E-state index is 0.865. The lowest BCUT2D eigenvalue weighted by Gasteiger charge is -2.29. The quantitative estimate of drug-likeness (QED) is 0.695. The molecular formula is C20H24N4. The minimum Gasteiger partial charge on any atom is -0.356 e. The summed E-state index contributed by atoms with van der Waals surface area (Å²) >= 11 is 0. The van der Waals surface area contributed by atoms with E-state index in [1.165, 1.54) is 16.7 Å². The zero-order valence-corrected chi connectivity index (χ0v) is 14.2. The van der Waals surface area contributed by atoms with Crippen molar-refractivity contribution in [3.63, 3.8) is 0 Å². The molecule has 0 saturated carbocycles. The highest BCUT2D eigenvalue weighted by molar-refractivity contribution is 5.81. The number of benzene rings is 1. The third-order valence-electron chi connectivity index (χ3n) is 4.28. The lowest BCUT2D eigenvalue weighted by molar-refractivity contribution is 0.440. The van der Waals surface area contributed by atoms with E-state index in [-0.39, 0.29) is 0 Å². The molecule has 1 aromatic carbocycles. The first kappa shape index (κ1) is 16.2. The fourth-order valence-corrected chi connectivity index (χ4v) is 2.97. The van der Waals surface area contributed by atoms with E-state index in [1.54, 1.807) is 6.20 Å². The molecule has 0 aliphatic carbocycles. The molecule has 24 heavy (non-hydrogen) atoms. The van der Waals surface area contributed by atoms with E-state index >= 15 is 0 Å². The highest BCUT2D eigenvalue weighted by Gasteiger charge is 2.15. The standard InChI is InChI=1S/C20H24N4/c1-21-20(23-13-9-17-6-5-12-22-16-17)24-14-10-19(11-15-24)18-7-3-2-4-8-18/h2-8,10,12,16H,9,11,13-15H2,1H3,(H,21,23). The molecule has 0 fully saturated rings. The second-order valence-electron chi connectivity index (χ2n) is 5.88. The van der Waals surface area contributed by atoms with Gasteiger partial charge in [0, 0.05) is 39.1 Å². The van der Waals surface area contributed by atoms with Crippen LogP contribution in [0.25, 0.3) is 5.57 Å². The Balaban J connectivity index is 1.53. The largest absolute Gasteiger partial charge is 0.356 e. The Morgan fingerprint density at radius 3 is 2.75 bits per heavy atom. The van der Waals surface area contributed by atoms with Crippen molar-refractivity contribution in [2.75, 3.05) is 26.7 Å². The smallest absolute Gasteiger partial charge is 0.193 e. The van der Waals surface area contributed by atoms with Crippen LogP contribution in [0.4, 0.5) is 0 Å². The Bertz CT molecular complexity index is 692. The monoisotopic (exact) mass is 320 g/mol. The van der Waals surface area contributed by atoms with Crippen LogP contribution in [-0.4, -0.2) is 42.5 Å². The highest BCUT2D eigenvalue weighted by atomic mass is 15.3. The zero-order chi connectivity index (χ0) is 16.6. The number of aliphatic imine (C=N–C) groups is 1. The fourth-order valence-electron chi connectivity index (χ4n) is 2.97. The Morgan fingerprint density at radius 1 is 1.21 bits per heavy atom. The Labute approximate surface area is 144 Å². The summed E-state index contributed by atoms with van der Waals surface area (Å²) < 4.78 is 0. The molecule has 1 aromatic heterocycles. The van der Waals surface area contributed by atoms with Crippen molar-refractivity contribution in [3.8, 4) is 0 Å². The van der Waals surface area contributed by atoms with Gasteiger partial charge < -0.3 is 10.2 Å². The molecule has 2 heterocycles. The van der Waals surface area contributed by atoms with E-state index in [1.807, 2.05) is 19.3 Å². The molecule has 1 aliphatic rings. The van der Waals surface area contributed by atoms with Crippen molar-refractivity contribution in [1.82, 2.24) is 15.2 Å². The second-order valence-corrected chi connectivity index (χ2v) is 5.88. The normalized spacial score (nSPS) is 15.1. The molecule has 0 atom stereocenters. The predicted molar refractivity (Wildman–Crippen MR) is 99.9 cm³/mol. The summed E-state index contributed by atoms with van der Waals surface area (Å²) in [5, 5.41) is 3.46. The van der Waals surface area contributed by atoms with Gasteiger partial charge in [-0.05, 0) is 35.6 Å². The number of pyridine rings is 1. The molecule has 0 bridgehead atoms. The van der Waals surface area contributed by atoms with E-state index in [4.69, 9.17) is 0 Å². The topological polar surface area (TPSA) is 40.5 Å². The number of guanidine groups is 1. The van der Waals surface area contributed by atoms with E-state index in [9.17, 15) is 0 Å². The number of nitrogens with one attached hydrogen (secondary N) is 1. The average Bonchev–Trinajstić information content (AvgIpc) is 2.67. The first-order chi connectivity index (χ1) is 11.9. The highest BCUT2D eigenvalue weighted by Crippen LogP contribution is 2.21. The number of hydrogen-bond acceptors (Lipinski definition) is 2. The summed E-state index contributed by atoms with van der Waals surface area (Å²) in [6.07, 6.45) is 8.03. The van der Waals surface area contributed by atoms with Crippen LogP contribution in [0.15, 0.2) is 65.9 Å². The summed E-state index contributed by atoms with van der Waals surface area (Å²) in [5.41, 5.74) is 4.00. The van der Waals surface area contributed by atoms with Crippen molar-refractivity contribution in [3.05, 3.63) is 72.1 Å². The first-order valence-electron chi connectivity index (χ1n) is 8.46. The maximum atomic E-state index is 4.43. The van der Waals surface area contributed by atoms with E-state index in [2.05, 4.69) is 62.7 Å². The van der Waals surface area contributed by atoms with Crippen LogP contribution in [0, 0.1) is 0 Å². The number of aromatic nitrogens is 1. The van der Waals surface area contributed by atoms with E-state index < -0.39 is 0 Å². The molecule has 1 N–H and O–H groups in total. The molecular weight excluding hydrogens is 296 g/mol. The lowest BCUT2D eigenvalue weighted by atomic mass is 10.00. The SMILES string of the molecule is CN=C(NCCc1cccnc1)N1CC=C(c2ccccc2)CC1. The third-order valence-corrected chi connectivity index (χ3v) is 4.28. The van der Waals surface area contributed by atoms with Crippen LogP contribution in [0.1, 0.15) is 17.5 Å². The number of hydrogen-bond donors (Lipinski definition) is 1. The van der Waals surface area contributed by atoms with Crippen LogP contribution >= 0.6 is 0 Å². The van der Waals surface area contributed by atoms with Gasteiger partial charge in [0.2, 0.25) is 0 Å². The van der Waals surface area contributed by atoms with Crippen LogP contribution < -0.4 is 5.32 Å². The summed E-state index contributed by atoms with van der Waals surface area (Å²) in [6.45, 7) is 2.76. The number of nitrogens with zero attached hydrogens (tertiary/aromatic N) is 3. The molecule has 2 aromatic rings. The van der Waals surface area contributed by atoms with Gasteiger partial charge in [0.15, 0.2) is 5.96 Å². The van der Waals surface area contributed by atoms with Gasteiger partial charge in [-0.25, -0.2) is 0 Å². The molecule has 1 aliphatic heterocycles. The van der Waals surface area contributed by atoms with Gasteiger partial charge in [-0.15, -0.1) is 0 Å². The Kier molecular flexibility index (Phi) is 5.61. The molecule has 0 saturated heterocycles. The lowest BCUT2D eigenvalue weighted by Crippen LogP contribution is -2.44. The molecule has 0 spiro atoms. The number of rotatable bonds is 4. The van der Waals surface area contributed by atoms with Gasteiger partial charge in [-0.2, -0.15) is 0 Å². The molecule has 4 nitrogen and oxygen atoms in total. The van der Waals surface area contributed by atoms with E-state index in [0.29, 0.717) is 0 Å². The molecule has 124 valence electrons. The molecule has 4 heteroatoms. The minimum atomic E-state index is 0.865. The third kappa shape index (κ3) is 4.22. The second kappa shape index (κ2) is 8.29. The van der Waals surface area contributed by atoms with E-state index in [0.717, 1.165) is 38.4 Å². The molecule has 3 rings (SSSR count). The maximum Gasteiger partial charge on any atom is 0.193 e. The van der Waals surface area contributed by atoms with Crippen molar-refractivity contribution in [2.24, 2.45) is 4.99 Å². The van der Waals surface area contributed by atoms with Gasteiger partial charge >= 0.3 is 0 Å². The maximum absolute atomic E-state index is 4.43. The average molecular weight is 320 g/mol. The van der Waals surface area contributed by atoms with Gasteiger partial charge in [0.25, 0.3) is 0 Å². The van der Waals surface area contributed by atoms with Gasteiger partial charge in [-0.3, -0.25) is 9.98 Å². The Morgan fingerprint density at radius 2 is 2.08 bits per heavy atom. The first-order valence-corrected chi connectivity index (χ1v) is 8.46. The molecule has 0 unspecified atom stereocenters. The van der Waals surface area contributed by atoms with Gasteiger partial charge in [0.1, 0.15) is 0 Å². The Hall–Kier alpha value is -2.62. The van der Waals surface area contributed by atoms with Crippen LogP contribution in [-0.2, 0) is 6.42 Å². The zero-order valence-electron chi connectivity index (χ0n) is 14.2. The van der Waals surface area contributed by atoms with Crippen LogP contribution in [0.5, 0.6) is 0 Å². The fraction of sp³-hybridized carbons (Fsp3) is 0.300. The van der Waals surface area contributed by atoms with Crippen molar-refractivity contribution >= 4 is 11.5 Å². The summed E-state index contributed by atoms with van der Waals surface area (Å²) in [6, 6.07) is 14.7. The molecule has 0 radical (unpaired) electrons. The van der Waals surface area contributed by atoms with Crippen molar-refractivity contribution < 1.29 is 0 Å². The van der Waals surface area contributed by atoms with Crippen molar-refractivity contribution in [2.45, 2.75) is 12.8 Å². The summed E-state index contributed by atoms with van der Waals surface area (Å²) in [7, 11) is 1.85.